The second-order valence-corrected chi connectivity index (χ2v) is 5.15. The molecule has 0 saturated carbocycles. The number of hydrogen-bond acceptors (Lipinski definition) is 3. The van der Waals surface area contributed by atoms with Crippen LogP contribution in [-0.4, -0.2) is 47.2 Å². The maximum Gasteiger partial charge on any atom is 0.274 e. The Labute approximate surface area is 113 Å². The lowest BCUT2D eigenvalue weighted by molar-refractivity contribution is 0.0636. The number of carbonyl (C=O) groups is 1. The molecule has 2 atom stereocenters. The van der Waals surface area contributed by atoms with Crippen LogP contribution in [0.4, 0.5) is 0 Å². The van der Waals surface area contributed by atoms with Crippen LogP contribution in [0.1, 0.15) is 22.6 Å². The molecule has 0 bridgehead atoms. The van der Waals surface area contributed by atoms with Gasteiger partial charge in [-0.2, -0.15) is 5.10 Å². The summed E-state index contributed by atoms with van der Waals surface area (Å²) in [5.41, 5.74) is 1.48. The predicted octanol–water partition coefficient (Wildman–Crippen LogP) is 0.821. The Bertz CT molecular complexity index is 433. The number of rotatable bonds is 1. The number of aromatic nitrogens is 2. The fourth-order valence-corrected chi connectivity index (χ4v) is 2.91. The van der Waals surface area contributed by atoms with E-state index in [9.17, 15) is 4.79 Å². The van der Waals surface area contributed by atoms with Gasteiger partial charge in [0, 0.05) is 18.8 Å². The first-order valence-corrected chi connectivity index (χ1v) is 6.26. The van der Waals surface area contributed by atoms with E-state index in [1.807, 2.05) is 17.9 Å². The molecule has 2 unspecified atom stereocenters. The van der Waals surface area contributed by atoms with E-state index >= 15 is 0 Å². The zero-order valence-corrected chi connectivity index (χ0v) is 11.3. The van der Waals surface area contributed by atoms with Crippen LogP contribution in [0.2, 0.25) is 0 Å². The van der Waals surface area contributed by atoms with Crippen molar-refractivity contribution in [2.24, 2.45) is 11.8 Å². The van der Waals surface area contributed by atoms with Gasteiger partial charge in [0.25, 0.3) is 5.91 Å². The highest BCUT2D eigenvalue weighted by molar-refractivity contribution is 5.92. The van der Waals surface area contributed by atoms with Crippen molar-refractivity contribution in [3.63, 3.8) is 0 Å². The predicted molar refractivity (Wildman–Crippen MR) is 70.9 cm³/mol. The number of likely N-dealkylation sites (tertiary alicyclic amines) is 1. The topological polar surface area (TPSA) is 61.0 Å². The van der Waals surface area contributed by atoms with Gasteiger partial charge in [-0.25, -0.2) is 0 Å². The van der Waals surface area contributed by atoms with Gasteiger partial charge in [0.05, 0.1) is 0 Å². The number of carbonyl (C=O) groups excluding carboxylic acids is 1. The lowest BCUT2D eigenvalue weighted by Gasteiger charge is -2.34. The molecule has 0 aromatic carbocycles. The van der Waals surface area contributed by atoms with Gasteiger partial charge in [-0.1, -0.05) is 0 Å². The maximum atomic E-state index is 12.2. The first-order chi connectivity index (χ1) is 8.24. The SMILES string of the molecule is Cc1cc(C(=O)N2CCC3CNCC3C2)n[nH]1.Cl. The number of halogens is 1. The summed E-state index contributed by atoms with van der Waals surface area (Å²) in [5, 5.41) is 10.3. The monoisotopic (exact) mass is 270 g/mol. The first-order valence-electron chi connectivity index (χ1n) is 6.26. The minimum atomic E-state index is 0. The average Bonchev–Trinajstić information content (AvgIpc) is 2.95. The number of hydrogen-bond donors (Lipinski definition) is 2. The Balaban J connectivity index is 0.00000120. The Kier molecular flexibility index (Phi) is 3.92. The number of amides is 1. The molecule has 1 aromatic heterocycles. The van der Waals surface area contributed by atoms with Gasteiger partial charge in [0.1, 0.15) is 5.69 Å². The third-order valence-electron chi connectivity index (χ3n) is 3.92. The lowest BCUT2D eigenvalue weighted by Crippen LogP contribution is -2.43. The first kappa shape index (κ1) is 13.4. The molecule has 3 heterocycles. The summed E-state index contributed by atoms with van der Waals surface area (Å²) < 4.78 is 0. The van der Waals surface area contributed by atoms with E-state index in [-0.39, 0.29) is 18.3 Å². The highest BCUT2D eigenvalue weighted by Crippen LogP contribution is 2.27. The van der Waals surface area contributed by atoms with Crippen molar-refractivity contribution in [2.75, 3.05) is 26.2 Å². The summed E-state index contributed by atoms with van der Waals surface area (Å²) in [7, 11) is 0. The molecule has 0 spiro atoms. The molecule has 2 fully saturated rings. The minimum Gasteiger partial charge on any atom is -0.337 e. The zero-order chi connectivity index (χ0) is 11.8. The van der Waals surface area contributed by atoms with Crippen LogP contribution in [0.3, 0.4) is 0 Å². The molecule has 100 valence electrons. The molecule has 2 N–H and O–H groups in total. The van der Waals surface area contributed by atoms with Crippen molar-refractivity contribution >= 4 is 18.3 Å². The minimum absolute atomic E-state index is 0. The van der Waals surface area contributed by atoms with Gasteiger partial charge in [-0.05, 0) is 44.3 Å². The molecular formula is C12H19ClN4O. The number of aromatic amines is 1. The summed E-state index contributed by atoms with van der Waals surface area (Å²) in [6.07, 6.45) is 1.12. The number of piperidine rings is 1. The average molecular weight is 271 g/mol. The molecule has 2 aliphatic rings. The van der Waals surface area contributed by atoms with Crippen LogP contribution in [0.25, 0.3) is 0 Å². The van der Waals surface area contributed by atoms with Gasteiger partial charge in [-0.3, -0.25) is 9.89 Å². The van der Waals surface area contributed by atoms with E-state index in [0.717, 1.165) is 44.2 Å². The maximum absolute atomic E-state index is 12.2. The molecule has 1 aromatic rings. The standard InChI is InChI=1S/C12H18N4O.ClH/c1-8-4-11(15-14-8)12(17)16-3-2-9-5-13-6-10(9)7-16;/h4,9-10,13H,2-3,5-7H2,1H3,(H,14,15);1H. The molecule has 3 rings (SSSR count). The number of H-pyrrole nitrogens is 1. The zero-order valence-electron chi connectivity index (χ0n) is 10.5. The van der Waals surface area contributed by atoms with E-state index in [1.54, 1.807) is 0 Å². The number of nitrogens with one attached hydrogen (secondary N) is 2. The summed E-state index contributed by atoms with van der Waals surface area (Å²) in [6, 6.07) is 1.82. The summed E-state index contributed by atoms with van der Waals surface area (Å²) in [5.74, 6) is 1.47. The molecule has 6 heteroatoms. The van der Waals surface area contributed by atoms with Gasteiger partial charge in [-0.15, -0.1) is 12.4 Å². The van der Waals surface area contributed by atoms with Gasteiger partial charge in [0.15, 0.2) is 0 Å². The van der Waals surface area contributed by atoms with E-state index in [4.69, 9.17) is 0 Å². The summed E-state index contributed by atoms with van der Waals surface area (Å²) in [6.45, 7) is 5.83. The van der Waals surface area contributed by atoms with Crippen molar-refractivity contribution in [2.45, 2.75) is 13.3 Å². The quantitative estimate of drug-likeness (QED) is 0.794. The summed E-state index contributed by atoms with van der Waals surface area (Å²) in [4.78, 5) is 14.2. The highest BCUT2D eigenvalue weighted by atomic mass is 35.5. The third kappa shape index (κ3) is 2.37. The van der Waals surface area contributed by atoms with Crippen LogP contribution in [0.15, 0.2) is 6.07 Å². The second kappa shape index (κ2) is 5.28. The van der Waals surface area contributed by atoms with Gasteiger partial charge >= 0.3 is 0 Å². The molecule has 0 aliphatic carbocycles. The normalized spacial score (nSPS) is 26.6. The molecular weight excluding hydrogens is 252 g/mol. The third-order valence-corrected chi connectivity index (χ3v) is 3.92. The van der Waals surface area contributed by atoms with Crippen LogP contribution in [-0.2, 0) is 0 Å². The molecule has 18 heavy (non-hydrogen) atoms. The Hall–Kier alpha value is -1.07. The number of fused-ring (bicyclic) bond motifs is 1. The van der Waals surface area contributed by atoms with Crippen molar-refractivity contribution < 1.29 is 4.79 Å². The van der Waals surface area contributed by atoms with Gasteiger partial charge < -0.3 is 10.2 Å². The van der Waals surface area contributed by atoms with E-state index < -0.39 is 0 Å². The fraction of sp³-hybridized carbons (Fsp3) is 0.667. The molecule has 2 aliphatic heterocycles. The smallest absolute Gasteiger partial charge is 0.274 e. The van der Waals surface area contributed by atoms with E-state index in [0.29, 0.717) is 11.6 Å². The fourth-order valence-electron chi connectivity index (χ4n) is 2.91. The van der Waals surface area contributed by atoms with E-state index in [2.05, 4.69) is 15.5 Å². The Morgan fingerprint density at radius 2 is 2.22 bits per heavy atom. The molecule has 5 nitrogen and oxygen atoms in total. The van der Waals surface area contributed by atoms with Crippen LogP contribution in [0.5, 0.6) is 0 Å². The molecule has 2 saturated heterocycles. The van der Waals surface area contributed by atoms with Crippen molar-refractivity contribution in [3.05, 3.63) is 17.5 Å². The number of aryl methyl sites for hydroxylation is 1. The Morgan fingerprint density at radius 1 is 1.44 bits per heavy atom. The van der Waals surface area contributed by atoms with Crippen molar-refractivity contribution in [1.29, 1.82) is 0 Å². The number of nitrogens with zero attached hydrogens (tertiary/aromatic N) is 2. The van der Waals surface area contributed by atoms with Crippen molar-refractivity contribution in [1.82, 2.24) is 20.4 Å². The second-order valence-electron chi connectivity index (χ2n) is 5.15. The highest BCUT2D eigenvalue weighted by Gasteiger charge is 2.35. The van der Waals surface area contributed by atoms with Crippen molar-refractivity contribution in [3.8, 4) is 0 Å². The van der Waals surface area contributed by atoms with Gasteiger partial charge in [0.2, 0.25) is 0 Å². The van der Waals surface area contributed by atoms with Crippen LogP contribution >= 0.6 is 12.4 Å². The molecule has 0 radical (unpaired) electrons. The lowest BCUT2D eigenvalue weighted by atomic mass is 9.88. The van der Waals surface area contributed by atoms with Crippen LogP contribution < -0.4 is 5.32 Å². The molecule has 1 amide bonds. The van der Waals surface area contributed by atoms with Crippen LogP contribution in [0, 0.1) is 18.8 Å². The Morgan fingerprint density at radius 3 is 2.94 bits per heavy atom. The summed E-state index contributed by atoms with van der Waals surface area (Å²) >= 11 is 0. The van der Waals surface area contributed by atoms with E-state index in [1.165, 1.54) is 0 Å². The largest absolute Gasteiger partial charge is 0.337 e.